The van der Waals surface area contributed by atoms with E-state index in [-0.39, 0.29) is 0 Å². The van der Waals surface area contributed by atoms with Gasteiger partial charge >= 0.3 is 0 Å². The maximum Gasteiger partial charge on any atom is 0.133 e. The molecule has 0 radical (unpaired) electrons. The van der Waals surface area contributed by atoms with Crippen LogP contribution in [0.1, 0.15) is 13.8 Å². The molecular formula is C14H18N2O. The van der Waals surface area contributed by atoms with Gasteiger partial charge in [0.25, 0.3) is 0 Å². The fraction of sp³-hybridized carbons (Fsp3) is 0.357. The van der Waals surface area contributed by atoms with Crippen molar-refractivity contribution in [1.29, 1.82) is 0 Å². The summed E-state index contributed by atoms with van der Waals surface area (Å²) < 4.78 is 5.25. The predicted molar refractivity (Wildman–Crippen MR) is 71.6 cm³/mol. The van der Waals surface area contributed by atoms with Gasteiger partial charge in [-0.25, -0.2) is 4.98 Å². The molecule has 0 aliphatic heterocycles. The Bertz CT molecular complexity index is 509. The van der Waals surface area contributed by atoms with Crippen molar-refractivity contribution < 1.29 is 4.74 Å². The Kier molecular flexibility index (Phi) is 3.47. The number of fused-ring (bicyclic) bond motifs is 1. The van der Waals surface area contributed by atoms with Gasteiger partial charge in [-0.15, -0.1) is 0 Å². The summed E-state index contributed by atoms with van der Waals surface area (Å²) in [4.78, 5) is 4.39. The summed E-state index contributed by atoms with van der Waals surface area (Å²) in [5.41, 5.74) is 0. The highest BCUT2D eigenvalue weighted by molar-refractivity contribution is 5.92. The van der Waals surface area contributed by atoms with Gasteiger partial charge in [0, 0.05) is 18.1 Å². The van der Waals surface area contributed by atoms with E-state index in [1.807, 2.05) is 24.4 Å². The molecular weight excluding hydrogens is 212 g/mol. The average molecular weight is 230 g/mol. The van der Waals surface area contributed by atoms with Crippen LogP contribution in [0.4, 0.5) is 5.82 Å². The Balaban J connectivity index is 2.39. The number of anilines is 1. The zero-order valence-corrected chi connectivity index (χ0v) is 10.5. The predicted octanol–water partition coefficient (Wildman–Crippen LogP) is 3.31. The fourth-order valence-corrected chi connectivity index (χ4v) is 1.72. The molecule has 0 spiro atoms. The maximum absolute atomic E-state index is 5.25. The van der Waals surface area contributed by atoms with Crippen LogP contribution < -0.4 is 10.1 Å². The molecule has 3 nitrogen and oxygen atoms in total. The van der Waals surface area contributed by atoms with Crippen LogP contribution in [0.2, 0.25) is 0 Å². The zero-order valence-electron chi connectivity index (χ0n) is 10.5. The lowest BCUT2D eigenvalue weighted by molar-refractivity contribution is 0.415. The van der Waals surface area contributed by atoms with Crippen molar-refractivity contribution in [3.8, 4) is 5.75 Å². The van der Waals surface area contributed by atoms with Crippen LogP contribution in [-0.4, -0.2) is 18.6 Å². The summed E-state index contributed by atoms with van der Waals surface area (Å²) in [5.74, 6) is 2.38. The zero-order chi connectivity index (χ0) is 12.3. The number of hydrogen-bond donors (Lipinski definition) is 1. The highest BCUT2D eigenvalue weighted by Gasteiger charge is 2.04. The lowest BCUT2D eigenvalue weighted by Crippen LogP contribution is -2.09. The molecule has 90 valence electrons. The largest absolute Gasteiger partial charge is 0.497 e. The molecule has 2 aromatic rings. The molecule has 1 aromatic heterocycles. The van der Waals surface area contributed by atoms with Gasteiger partial charge in [0.15, 0.2) is 0 Å². The number of pyridine rings is 1. The van der Waals surface area contributed by atoms with E-state index >= 15 is 0 Å². The van der Waals surface area contributed by atoms with E-state index in [0.29, 0.717) is 5.92 Å². The van der Waals surface area contributed by atoms with Crippen molar-refractivity contribution in [3.63, 3.8) is 0 Å². The summed E-state index contributed by atoms with van der Waals surface area (Å²) in [6.45, 7) is 5.28. The summed E-state index contributed by atoms with van der Waals surface area (Å²) in [6, 6.07) is 8.05. The number of benzene rings is 1. The van der Waals surface area contributed by atoms with Gasteiger partial charge in [0.1, 0.15) is 11.6 Å². The highest BCUT2D eigenvalue weighted by atomic mass is 16.5. The minimum Gasteiger partial charge on any atom is -0.497 e. The second-order valence-corrected chi connectivity index (χ2v) is 4.52. The van der Waals surface area contributed by atoms with E-state index in [0.717, 1.165) is 23.5 Å². The van der Waals surface area contributed by atoms with Gasteiger partial charge < -0.3 is 10.1 Å². The molecule has 1 N–H and O–H groups in total. The first-order valence-corrected chi connectivity index (χ1v) is 5.87. The minimum atomic E-state index is 0.595. The van der Waals surface area contributed by atoms with Crippen LogP contribution in [0.25, 0.3) is 10.8 Å². The quantitative estimate of drug-likeness (QED) is 0.875. The van der Waals surface area contributed by atoms with Crippen LogP contribution in [-0.2, 0) is 0 Å². The van der Waals surface area contributed by atoms with Crippen LogP contribution in [0.15, 0.2) is 30.5 Å². The van der Waals surface area contributed by atoms with Crippen LogP contribution in [0.5, 0.6) is 5.75 Å². The number of nitrogens with one attached hydrogen (secondary N) is 1. The summed E-state index contributed by atoms with van der Waals surface area (Å²) in [6.07, 6.45) is 1.83. The Hall–Kier alpha value is -1.77. The minimum absolute atomic E-state index is 0.595. The number of hydrogen-bond acceptors (Lipinski definition) is 3. The monoisotopic (exact) mass is 230 g/mol. The van der Waals surface area contributed by atoms with Gasteiger partial charge in [-0.1, -0.05) is 19.9 Å². The van der Waals surface area contributed by atoms with Crippen LogP contribution >= 0.6 is 0 Å². The van der Waals surface area contributed by atoms with Crippen molar-refractivity contribution in [2.24, 2.45) is 5.92 Å². The van der Waals surface area contributed by atoms with E-state index in [1.54, 1.807) is 7.11 Å². The Labute approximate surface area is 102 Å². The Morgan fingerprint density at radius 3 is 2.82 bits per heavy atom. The van der Waals surface area contributed by atoms with E-state index in [2.05, 4.69) is 30.2 Å². The third-order valence-electron chi connectivity index (χ3n) is 2.65. The lowest BCUT2D eigenvalue weighted by Gasteiger charge is -2.11. The lowest BCUT2D eigenvalue weighted by atomic mass is 10.1. The summed E-state index contributed by atoms with van der Waals surface area (Å²) in [7, 11) is 1.68. The molecule has 1 heterocycles. The first-order chi connectivity index (χ1) is 8.20. The second-order valence-electron chi connectivity index (χ2n) is 4.52. The molecule has 2 rings (SSSR count). The third-order valence-corrected chi connectivity index (χ3v) is 2.65. The average Bonchev–Trinajstić information content (AvgIpc) is 2.35. The molecule has 0 aliphatic rings. The highest BCUT2D eigenvalue weighted by Crippen LogP contribution is 2.25. The summed E-state index contributed by atoms with van der Waals surface area (Å²) in [5, 5.41) is 5.65. The molecule has 0 bridgehead atoms. The van der Waals surface area contributed by atoms with Crippen molar-refractivity contribution in [3.05, 3.63) is 30.5 Å². The summed E-state index contributed by atoms with van der Waals surface area (Å²) >= 11 is 0. The van der Waals surface area contributed by atoms with Gasteiger partial charge in [0.05, 0.1) is 7.11 Å². The van der Waals surface area contributed by atoms with Gasteiger partial charge in [-0.2, -0.15) is 0 Å². The molecule has 0 amide bonds. The smallest absolute Gasteiger partial charge is 0.133 e. The number of methoxy groups -OCH3 is 1. The van der Waals surface area contributed by atoms with Crippen molar-refractivity contribution in [2.45, 2.75) is 13.8 Å². The number of ether oxygens (including phenoxy) is 1. The normalized spacial score (nSPS) is 10.8. The molecule has 0 unspecified atom stereocenters. The second kappa shape index (κ2) is 5.04. The Morgan fingerprint density at radius 2 is 2.12 bits per heavy atom. The molecule has 0 atom stereocenters. The Morgan fingerprint density at radius 1 is 1.29 bits per heavy atom. The third kappa shape index (κ3) is 2.67. The van der Waals surface area contributed by atoms with Crippen LogP contribution in [0.3, 0.4) is 0 Å². The van der Waals surface area contributed by atoms with Crippen molar-refractivity contribution in [1.82, 2.24) is 4.98 Å². The van der Waals surface area contributed by atoms with E-state index in [1.165, 1.54) is 5.39 Å². The topological polar surface area (TPSA) is 34.1 Å². The molecule has 0 saturated carbocycles. The van der Waals surface area contributed by atoms with E-state index in [9.17, 15) is 0 Å². The van der Waals surface area contributed by atoms with E-state index < -0.39 is 0 Å². The maximum atomic E-state index is 5.25. The van der Waals surface area contributed by atoms with Gasteiger partial charge in [-0.3, -0.25) is 0 Å². The standard InChI is InChI=1S/C14H18N2O/c1-10(2)9-16-14-13-8-12(17-3)5-4-11(13)6-7-15-14/h4-8,10H,9H2,1-3H3,(H,15,16). The molecule has 0 saturated heterocycles. The van der Waals surface area contributed by atoms with Crippen molar-refractivity contribution in [2.75, 3.05) is 19.0 Å². The van der Waals surface area contributed by atoms with Gasteiger partial charge in [0.2, 0.25) is 0 Å². The molecule has 3 heteroatoms. The first kappa shape index (κ1) is 11.7. The first-order valence-electron chi connectivity index (χ1n) is 5.87. The number of aromatic nitrogens is 1. The van der Waals surface area contributed by atoms with Crippen LogP contribution in [0, 0.1) is 5.92 Å². The molecule has 0 fully saturated rings. The molecule has 1 aromatic carbocycles. The SMILES string of the molecule is COc1ccc2ccnc(NCC(C)C)c2c1. The molecule has 17 heavy (non-hydrogen) atoms. The van der Waals surface area contributed by atoms with Crippen molar-refractivity contribution >= 4 is 16.6 Å². The number of nitrogens with zero attached hydrogens (tertiary/aromatic N) is 1. The van der Waals surface area contributed by atoms with Gasteiger partial charge in [-0.05, 0) is 29.5 Å². The van der Waals surface area contributed by atoms with E-state index in [4.69, 9.17) is 4.74 Å². The number of rotatable bonds is 4. The molecule has 0 aliphatic carbocycles. The fourth-order valence-electron chi connectivity index (χ4n) is 1.72.